The average molecular weight is 110 g/mol. The molecule has 0 nitrogen and oxygen atoms in total. The van der Waals surface area contributed by atoms with E-state index in [9.17, 15) is 0 Å². The van der Waals surface area contributed by atoms with Crippen LogP contribution in [0.25, 0.3) is 0 Å². The molecule has 0 spiro atoms. The van der Waals surface area contributed by atoms with Crippen LogP contribution >= 0.6 is 0 Å². The summed E-state index contributed by atoms with van der Waals surface area (Å²) < 4.78 is 0. The van der Waals surface area contributed by atoms with E-state index in [2.05, 4.69) is 26.0 Å². The standard InChI is InChI=1S/C8H14/c1-3-8-6-4-5-7(8)2/h4-5,7-8H,3,6H2,1-2H3. The summed E-state index contributed by atoms with van der Waals surface area (Å²) in [4.78, 5) is 0. The van der Waals surface area contributed by atoms with Crippen molar-refractivity contribution in [2.45, 2.75) is 26.7 Å². The molecule has 0 heterocycles. The van der Waals surface area contributed by atoms with Gasteiger partial charge in [-0.05, 0) is 18.3 Å². The van der Waals surface area contributed by atoms with Crippen LogP contribution in [0.3, 0.4) is 0 Å². The van der Waals surface area contributed by atoms with Crippen LogP contribution in [0.5, 0.6) is 0 Å². The van der Waals surface area contributed by atoms with Gasteiger partial charge >= 0.3 is 0 Å². The normalized spacial score (nSPS) is 36.2. The van der Waals surface area contributed by atoms with Gasteiger partial charge in [-0.25, -0.2) is 0 Å². The van der Waals surface area contributed by atoms with Gasteiger partial charge in [0.2, 0.25) is 0 Å². The number of hydrogen-bond donors (Lipinski definition) is 0. The van der Waals surface area contributed by atoms with Gasteiger partial charge in [0, 0.05) is 0 Å². The molecule has 0 bridgehead atoms. The van der Waals surface area contributed by atoms with Gasteiger partial charge in [-0.3, -0.25) is 0 Å². The van der Waals surface area contributed by atoms with Crippen LogP contribution in [-0.4, -0.2) is 0 Å². The van der Waals surface area contributed by atoms with Crippen molar-refractivity contribution < 1.29 is 0 Å². The maximum Gasteiger partial charge on any atom is -0.0231 e. The van der Waals surface area contributed by atoms with Crippen LogP contribution in [0.4, 0.5) is 0 Å². The molecule has 0 fully saturated rings. The number of rotatable bonds is 1. The predicted octanol–water partition coefficient (Wildman–Crippen LogP) is 2.61. The van der Waals surface area contributed by atoms with E-state index in [1.54, 1.807) is 0 Å². The molecule has 0 aromatic heterocycles. The van der Waals surface area contributed by atoms with Crippen molar-refractivity contribution in [3.8, 4) is 0 Å². The van der Waals surface area contributed by atoms with Gasteiger partial charge in [-0.1, -0.05) is 32.4 Å². The summed E-state index contributed by atoms with van der Waals surface area (Å²) in [5, 5.41) is 0. The van der Waals surface area contributed by atoms with E-state index >= 15 is 0 Å². The molecule has 46 valence electrons. The highest BCUT2D eigenvalue weighted by atomic mass is 14.2. The maximum absolute atomic E-state index is 2.33. The molecule has 0 aliphatic heterocycles. The van der Waals surface area contributed by atoms with Crippen LogP contribution in [0.2, 0.25) is 0 Å². The summed E-state index contributed by atoms with van der Waals surface area (Å²) in [6, 6.07) is 0. The Kier molecular flexibility index (Phi) is 1.72. The molecule has 0 aromatic rings. The Morgan fingerprint density at radius 3 is 2.62 bits per heavy atom. The fraction of sp³-hybridized carbons (Fsp3) is 0.750. The molecule has 0 saturated heterocycles. The minimum Gasteiger partial charge on any atom is -0.0880 e. The zero-order chi connectivity index (χ0) is 5.98. The highest BCUT2D eigenvalue weighted by Crippen LogP contribution is 2.26. The van der Waals surface area contributed by atoms with E-state index in [4.69, 9.17) is 0 Å². The Balaban J connectivity index is 2.38. The van der Waals surface area contributed by atoms with Gasteiger partial charge < -0.3 is 0 Å². The van der Waals surface area contributed by atoms with E-state index in [0.717, 1.165) is 11.8 Å². The van der Waals surface area contributed by atoms with Crippen LogP contribution in [0.15, 0.2) is 12.2 Å². The highest BCUT2D eigenvalue weighted by Gasteiger charge is 2.15. The largest absolute Gasteiger partial charge is 0.0880 e. The average Bonchev–Trinajstić information content (AvgIpc) is 2.14. The van der Waals surface area contributed by atoms with E-state index < -0.39 is 0 Å². The van der Waals surface area contributed by atoms with Gasteiger partial charge in [0.05, 0.1) is 0 Å². The van der Waals surface area contributed by atoms with Crippen LogP contribution in [0.1, 0.15) is 26.7 Å². The van der Waals surface area contributed by atoms with E-state index in [-0.39, 0.29) is 0 Å². The van der Waals surface area contributed by atoms with Crippen molar-refractivity contribution in [1.82, 2.24) is 0 Å². The zero-order valence-corrected chi connectivity index (χ0v) is 5.72. The monoisotopic (exact) mass is 110 g/mol. The quantitative estimate of drug-likeness (QED) is 0.455. The summed E-state index contributed by atoms with van der Waals surface area (Å²) in [7, 11) is 0. The molecule has 1 aliphatic rings. The van der Waals surface area contributed by atoms with Gasteiger partial charge in [-0.2, -0.15) is 0 Å². The first-order chi connectivity index (χ1) is 3.84. The van der Waals surface area contributed by atoms with Gasteiger partial charge in [0.15, 0.2) is 0 Å². The summed E-state index contributed by atoms with van der Waals surface area (Å²) in [6.45, 7) is 4.58. The summed E-state index contributed by atoms with van der Waals surface area (Å²) in [5.74, 6) is 1.80. The Labute approximate surface area is 51.6 Å². The third kappa shape index (κ3) is 0.936. The van der Waals surface area contributed by atoms with Crippen molar-refractivity contribution >= 4 is 0 Å². The molecule has 8 heavy (non-hydrogen) atoms. The molecule has 1 rings (SSSR count). The molecule has 1 aliphatic carbocycles. The van der Waals surface area contributed by atoms with Gasteiger partial charge in [-0.15, -0.1) is 0 Å². The second kappa shape index (κ2) is 2.34. The third-order valence-corrected chi connectivity index (χ3v) is 2.15. The lowest BCUT2D eigenvalue weighted by molar-refractivity contribution is 0.439. The molecule has 0 N–H and O–H groups in total. The van der Waals surface area contributed by atoms with Crippen molar-refractivity contribution in [1.29, 1.82) is 0 Å². The fourth-order valence-electron chi connectivity index (χ4n) is 1.38. The van der Waals surface area contributed by atoms with E-state index in [1.807, 2.05) is 0 Å². The van der Waals surface area contributed by atoms with E-state index in [1.165, 1.54) is 12.8 Å². The SMILES string of the molecule is CCC1CC=CC1C. The third-order valence-electron chi connectivity index (χ3n) is 2.15. The molecule has 0 amide bonds. The molecular formula is C8H14. The minimum atomic E-state index is 0.847. The summed E-state index contributed by atoms with van der Waals surface area (Å²) in [6.07, 6.45) is 7.29. The fourth-order valence-corrected chi connectivity index (χ4v) is 1.38. The molecule has 0 heteroatoms. The predicted molar refractivity (Wildman–Crippen MR) is 36.7 cm³/mol. The Hall–Kier alpha value is -0.260. The maximum atomic E-state index is 2.33. The van der Waals surface area contributed by atoms with Crippen LogP contribution < -0.4 is 0 Å². The van der Waals surface area contributed by atoms with E-state index in [0.29, 0.717) is 0 Å². The Morgan fingerprint density at radius 2 is 2.38 bits per heavy atom. The first-order valence-corrected chi connectivity index (χ1v) is 3.51. The Morgan fingerprint density at radius 1 is 1.62 bits per heavy atom. The lowest BCUT2D eigenvalue weighted by Gasteiger charge is -2.10. The van der Waals surface area contributed by atoms with Crippen molar-refractivity contribution in [2.75, 3.05) is 0 Å². The van der Waals surface area contributed by atoms with Gasteiger partial charge in [0.1, 0.15) is 0 Å². The number of allylic oxidation sites excluding steroid dienone is 2. The lowest BCUT2D eigenvalue weighted by Crippen LogP contribution is -2.00. The first kappa shape index (κ1) is 5.87. The highest BCUT2D eigenvalue weighted by molar-refractivity contribution is 4.98. The smallest absolute Gasteiger partial charge is 0.0231 e. The first-order valence-electron chi connectivity index (χ1n) is 3.51. The summed E-state index contributed by atoms with van der Waals surface area (Å²) >= 11 is 0. The molecule has 2 unspecified atom stereocenters. The zero-order valence-electron chi connectivity index (χ0n) is 5.72. The molecular weight excluding hydrogens is 96.1 g/mol. The molecule has 0 saturated carbocycles. The molecule has 0 aromatic carbocycles. The van der Waals surface area contributed by atoms with Crippen LogP contribution in [-0.2, 0) is 0 Å². The van der Waals surface area contributed by atoms with Crippen molar-refractivity contribution in [3.63, 3.8) is 0 Å². The topological polar surface area (TPSA) is 0 Å². The Bertz CT molecular complexity index is 92.2. The van der Waals surface area contributed by atoms with Crippen molar-refractivity contribution in [2.24, 2.45) is 11.8 Å². The minimum absolute atomic E-state index is 0.847. The van der Waals surface area contributed by atoms with Gasteiger partial charge in [0.25, 0.3) is 0 Å². The summed E-state index contributed by atoms with van der Waals surface area (Å²) in [5.41, 5.74) is 0. The second-order valence-corrected chi connectivity index (χ2v) is 2.69. The van der Waals surface area contributed by atoms with Crippen LogP contribution in [0, 0.1) is 11.8 Å². The lowest BCUT2D eigenvalue weighted by atomic mass is 9.95. The van der Waals surface area contributed by atoms with Crippen molar-refractivity contribution in [3.05, 3.63) is 12.2 Å². The molecule has 0 radical (unpaired) electrons. The molecule has 2 atom stereocenters. The second-order valence-electron chi connectivity index (χ2n) is 2.69. The number of hydrogen-bond acceptors (Lipinski definition) is 0.